The standard InChI is InChI=1S/C22H38O5/c1-3-5-8-11-17(23)14-15-19-18(20(24)16-21(19)25)12-9-6-7-10-13-22(26)27-4-2/h14-15,17-19,21,23,25H,3-13,16H2,1-2H3/t17?,18-,19+,21+/m0/s1. The average Bonchev–Trinajstić information content (AvgIpc) is 2.89. The van der Waals surface area contributed by atoms with Gasteiger partial charge in [0.25, 0.3) is 0 Å². The van der Waals surface area contributed by atoms with Gasteiger partial charge in [0.05, 0.1) is 18.8 Å². The lowest BCUT2D eigenvalue weighted by molar-refractivity contribution is -0.143. The van der Waals surface area contributed by atoms with Crippen LogP contribution in [0.4, 0.5) is 0 Å². The maximum absolute atomic E-state index is 12.2. The first-order valence-electron chi connectivity index (χ1n) is 10.7. The Labute approximate surface area is 164 Å². The van der Waals surface area contributed by atoms with E-state index in [4.69, 9.17) is 4.74 Å². The SMILES string of the molecule is CCCCCC(O)C=C[C@H]1[C@H](O)CC(=O)[C@H]1CCCCCCC(=O)OCC. The summed E-state index contributed by atoms with van der Waals surface area (Å²) in [5.41, 5.74) is 0. The maximum Gasteiger partial charge on any atom is 0.305 e. The van der Waals surface area contributed by atoms with Gasteiger partial charge in [-0.25, -0.2) is 0 Å². The zero-order chi connectivity index (χ0) is 20.1. The minimum absolute atomic E-state index is 0.129. The average molecular weight is 383 g/mol. The lowest BCUT2D eigenvalue weighted by Gasteiger charge is -2.18. The molecule has 5 heteroatoms. The van der Waals surface area contributed by atoms with Crippen LogP contribution in [0.3, 0.4) is 0 Å². The number of unbranched alkanes of at least 4 members (excludes halogenated alkanes) is 5. The largest absolute Gasteiger partial charge is 0.466 e. The van der Waals surface area contributed by atoms with Gasteiger partial charge in [-0.05, 0) is 26.2 Å². The molecule has 5 nitrogen and oxygen atoms in total. The predicted molar refractivity (Wildman–Crippen MR) is 106 cm³/mol. The summed E-state index contributed by atoms with van der Waals surface area (Å²) in [7, 11) is 0. The van der Waals surface area contributed by atoms with Crippen molar-refractivity contribution in [3.63, 3.8) is 0 Å². The fourth-order valence-electron chi connectivity index (χ4n) is 3.77. The minimum atomic E-state index is -0.634. The van der Waals surface area contributed by atoms with E-state index in [-0.39, 0.29) is 30.0 Å². The molecule has 0 spiro atoms. The normalized spacial score (nSPS) is 23.9. The van der Waals surface area contributed by atoms with Crippen molar-refractivity contribution in [1.29, 1.82) is 0 Å². The number of hydrogen-bond donors (Lipinski definition) is 2. The highest BCUT2D eigenvalue weighted by Crippen LogP contribution is 2.34. The summed E-state index contributed by atoms with van der Waals surface area (Å²) >= 11 is 0. The van der Waals surface area contributed by atoms with E-state index < -0.39 is 12.2 Å². The molecule has 1 aliphatic rings. The van der Waals surface area contributed by atoms with E-state index in [9.17, 15) is 19.8 Å². The van der Waals surface area contributed by atoms with Crippen molar-refractivity contribution in [2.24, 2.45) is 11.8 Å². The number of esters is 1. The molecule has 1 unspecified atom stereocenters. The lowest BCUT2D eigenvalue weighted by Crippen LogP contribution is -2.19. The third-order valence-corrected chi connectivity index (χ3v) is 5.34. The van der Waals surface area contributed by atoms with Crippen molar-refractivity contribution < 1.29 is 24.5 Å². The molecule has 4 atom stereocenters. The van der Waals surface area contributed by atoms with Crippen molar-refractivity contribution in [3.05, 3.63) is 12.2 Å². The number of ether oxygens (including phenoxy) is 1. The predicted octanol–water partition coefficient (Wildman–Crippen LogP) is 3.95. The van der Waals surface area contributed by atoms with Crippen LogP contribution in [0.5, 0.6) is 0 Å². The maximum atomic E-state index is 12.2. The van der Waals surface area contributed by atoms with Gasteiger partial charge in [0.15, 0.2) is 0 Å². The molecule has 1 saturated carbocycles. The molecular formula is C22H38O5. The molecule has 1 aliphatic carbocycles. The van der Waals surface area contributed by atoms with Crippen LogP contribution in [0.2, 0.25) is 0 Å². The molecule has 0 amide bonds. The van der Waals surface area contributed by atoms with Crippen LogP contribution in [-0.4, -0.2) is 40.8 Å². The van der Waals surface area contributed by atoms with E-state index in [0.29, 0.717) is 13.0 Å². The quantitative estimate of drug-likeness (QED) is 0.270. The Morgan fingerprint density at radius 1 is 1.19 bits per heavy atom. The van der Waals surface area contributed by atoms with Crippen molar-refractivity contribution in [1.82, 2.24) is 0 Å². The molecule has 0 radical (unpaired) electrons. The Balaban J connectivity index is 2.34. The second-order valence-corrected chi connectivity index (χ2v) is 7.63. The van der Waals surface area contributed by atoms with Gasteiger partial charge in [0.2, 0.25) is 0 Å². The van der Waals surface area contributed by atoms with Crippen molar-refractivity contribution in [2.75, 3.05) is 6.61 Å². The molecule has 0 aromatic carbocycles. The van der Waals surface area contributed by atoms with Gasteiger partial charge in [-0.1, -0.05) is 57.6 Å². The smallest absolute Gasteiger partial charge is 0.305 e. The third-order valence-electron chi connectivity index (χ3n) is 5.34. The van der Waals surface area contributed by atoms with Gasteiger partial charge in [0.1, 0.15) is 5.78 Å². The van der Waals surface area contributed by atoms with Crippen LogP contribution in [0, 0.1) is 11.8 Å². The molecule has 0 bridgehead atoms. The summed E-state index contributed by atoms with van der Waals surface area (Å²) in [6.07, 6.45) is 11.5. The summed E-state index contributed by atoms with van der Waals surface area (Å²) in [4.78, 5) is 23.5. The van der Waals surface area contributed by atoms with Gasteiger partial charge in [-0.15, -0.1) is 0 Å². The highest BCUT2D eigenvalue weighted by atomic mass is 16.5. The first-order valence-corrected chi connectivity index (χ1v) is 10.7. The van der Waals surface area contributed by atoms with Crippen LogP contribution >= 0.6 is 0 Å². The summed E-state index contributed by atoms with van der Waals surface area (Å²) in [6.45, 7) is 4.36. The van der Waals surface area contributed by atoms with Crippen LogP contribution in [0.1, 0.15) is 84.5 Å². The molecule has 27 heavy (non-hydrogen) atoms. The van der Waals surface area contributed by atoms with E-state index in [1.54, 1.807) is 13.0 Å². The zero-order valence-electron chi connectivity index (χ0n) is 17.1. The molecule has 0 aliphatic heterocycles. The van der Waals surface area contributed by atoms with Gasteiger partial charge in [-0.3, -0.25) is 9.59 Å². The fourth-order valence-corrected chi connectivity index (χ4v) is 3.77. The van der Waals surface area contributed by atoms with Gasteiger partial charge < -0.3 is 14.9 Å². The second-order valence-electron chi connectivity index (χ2n) is 7.63. The first-order chi connectivity index (χ1) is 13.0. The molecule has 2 N–H and O–H groups in total. The summed E-state index contributed by atoms with van der Waals surface area (Å²) in [5.74, 6) is -0.347. The number of aliphatic hydroxyl groups excluding tert-OH is 2. The number of ketones is 1. The van der Waals surface area contributed by atoms with E-state index in [1.807, 2.05) is 6.08 Å². The van der Waals surface area contributed by atoms with Crippen LogP contribution in [0.15, 0.2) is 12.2 Å². The Morgan fingerprint density at radius 2 is 1.93 bits per heavy atom. The van der Waals surface area contributed by atoms with Crippen LogP contribution in [0.25, 0.3) is 0 Å². The highest BCUT2D eigenvalue weighted by molar-refractivity contribution is 5.84. The number of carbonyl (C=O) groups is 2. The minimum Gasteiger partial charge on any atom is -0.466 e. The van der Waals surface area contributed by atoms with Crippen LogP contribution in [-0.2, 0) is 14.3 Å². The van der Waals surface area contributed by atoms with E-state index in [2.05, 4.69) is 6.92 Å². The number of carbonyl (C=O) groups excluding carboxylic acids is 2. The van der Waals surface area contributed by atoms with Crippen molar-refractivity contribution in [2.45, 2.75) is 96.7 Å². The van der Waals surface area contributed by atoms with Crippen molar-refractivity contribution >= 4 is 11.8 Å². The molecule has 0 aromatic heterocycles. The van der Waals surface area contributed by atoms with Gasteiger partial charge in [-0.2, -0.15) is 0 Å². The summed E-state index contributed by atoms with van der Waals surface area (Å²) in [6, 6.07) is 0. The third kappa shape index (κ3) is 9.52. The number of hydrogen-bond acceptors (Lipinski definition) is 5. The second kappa shape index (κ2) is 13.9. The van der Waals surface area contributed by atoms with Crippen LogP contribution < -0.4 is 0 Å². The Kier molecular flexibility index (Phi) is 12.3. The van der Waals surface area contributed by atoms with E-state index in [1.165, 1.54) is 0 Å². The Morgan fingerprint density at radius 3 is 2.63 bits per heavy atom. The summed E-state index contributed by atoms with van der Waals surface area (Å²) in [5, 5.41) is 20.2. The topological polar surface area (TPSA) is 83.8 Å². The lowest BCUT2D eigenvalue weighted by atomic mass is 9.88. The van der Waals surface area contributed by atoms with Crippen molar-refractivity contribution in [3.8, 4) is 0 Å². The first kappa shape index (κ1) is 23.8. The molecule has 156 valence electrons. The van der Waals surface area contributed by atoms with Gasteiger partial charge >= 0.3 is 5.97 Å². The monoisotopic (exact) mass is 382 g/mol. The number of rotatable bonds is 14. The number of aliphatic hydroxyl groups is 2. The molecule has 0 saturated heterocycles. The van der Waals surface area contributed by atoms with Gasteiger partial charge in [0, 0.05) is 24.7 Å². The van der Waals surface area contributed by atoms with E-state index in [0.717, 1.165) is 57.8 Å². The molecule has 1 fully saturated rings. The zero-order valence-corrected chi connectivity index (χ0v) is 17.1. The molecule has 1 rings (SSSR count). The Bertz CT molecular complexity index is 460. The molecule has 0 aromatic rings. The molecular weight excluding hydrogens is 344 g/mol. The van der Waals surface area contributed by atoms with E-state index >= 15 is 0 Å². The summed E-state index contributed by atoms with van der Waals surface area (Å²) < 4.78 is 4.91. The Hall–Kier alpha value is -1.20. The molecule has 0 heterocycles. The number of Topliss-reactive ketones (excluding diaryl/α,β-unsaturated/α-hetero) is 1. The highest BCUT2D eigenvalue weighted by Gasteiger charge is 2.39. The fraction of sp³-hybridized carbons (Fsp3) is 0.818.